The Morgan fingerprint density at radius 1 is 1.40 bits per heavy atom. The molecular weight excluding hydrogens is 186 g/mol. The first kappa shape index (κ1) is 10.7. The van der Waals surface area contributed by atoms with Crippen molar-refractivity contribution in [2.45, 2.75) is 25.9 Å². The highest BCUT2D eigenvalue weighted by Crippen LogP contribution is 2.36. The summed E-state index contributed by atoms with van der Waals surface area (Å²) in [6.07, 6.45) is 0.805. The van der Waals surface area contributed by atoms with Crippen molar-refractivity contribution in [2.24, 2.45) is 5.92 Å². The summed E-state index contributed by atoms with van der Waals surface area (Å²) in [7, 11) is 0. The minimum absolute atomic E-state index is 0.271. The fourth-order valence-corrected chi connectivity index (χ4v) is 2.47. The van der Waals surface area contributed by atoms with E-state index in [1.165, 1.54) is 5.56 Å². The fraction of sp³-hybridized carbons (Fsp3) is 0.538. The Bertz CT molecular complexity index is 350. The summed E-state index contributed by atoms with van der Waals surface area (Å²) in [5.41, 5.74) is 1.64. The number of aryl methyl sites for hydroxylation is 1. The van der Waals surface area contributed by atoms with Crippen molar-refractivity contribution >= 4 is 0 Å². The van der Waals surface area contributed by atoms with Gasteiger partial charge in [-0.2, -0.15) is 0 Å². The quantitative estimate of drug-likeness (QED) is 0.733. The molecule has 2 rings (SSSR count). The molecule has 1 fully saturated rings. The van der Waals surface area contributed by atoms with Gasteiger partial charge in [0, 0.05) is 12.5 Å². The van der Waals surface area contributed by atoms with Crippen LogP contribution in [0.1, 0.15) is 24.5 Å². The molecule has 0 saturated carbocycles. The summed E-state index contributed by atoms with van der Waals surface area (Å²) in [5, 5.41) is 14.1. The second-order valence-corrected chi connectivity index (χ2v) is 4.59. The SMILES string of the molecule is Cc1ccccc1C1(O)CCNCC1C. The summed E-state index contributed by atoms with van der Waals surface area (Å²) in [4.78, 5) is 0. The molecule has 2 heteroatoms. The second kappa shape index (κ2) is 3.95. The molecule has 2 nitrogen and oxygen atoms in total. The first-order valence-electron chi connectivity index (χ1n) is 5.64. The van der Waals surface area contributed by atoms with E-state index in [1.807, 2.05) is 12.1 Å². The van der Waals surface area contributed by atoms with Crippen LogP contribution < -0.4 is 5.32 Å². The van der Waals surface area contributed by atoms with Gasteiger partial charge in [0.25, 0.3) is 0 Å². The highest BCUT2D eigenvalue weighted by molar-refractivity contribution is 5.32. The molecule has 1 aliphatic rings. The summed E-state index contributed by atoms with van der Waals surface area (Å²) >= 11 is 0. The number of benzene rings is 1. The highest BCUT2D eigenvalue weighted by Gasteiger charge is 2.38. The molecule has 0 aromatic heterocycles. The van der Waals surface area contributed by atoms with Gasteiger partial charge in [0.05, 0.1) is 5.60 Å². The molecule has 0 aliphatic carbocycles. The molecule has 2 N–H and O–H groups in total. The lowest BCUT2D eigenvalue weighted by Crippen LogP contribution is -2.47. The summed E-state index contributed by atoms with van der Waals surface area (Å²) in [6, 6.07) is 8.15. The van der Waals surface area contributed by atoms with E-state index in [9.17, 15) is 5.11 Å². The van der Waals surface area contributed by atoms with Crippen molar-refractivity contribution in [2.75, 3.05) is 13.1 Å². The van der Waals surface area contributed by atoms with Crippen LogP contribution in [0.3, 0.4) is 0 Å². The smallest absolute Gasteiger partial charge is 0.0948 e. The van der Waals surface area contributed by atoms with Gasteiger partial charge in [-0.3, -0.25) is 0 Å². The van der Waals surface area contributed by atoms with Crippen molar-refractivity contribution in [3.05, 3.63) is 35.4 Å². The third kappa shape index (κ3) is 1.80. The van der Waals surface area contributed by atoms with Crippen LogP contribution in [0, 0.1) is 12.8 Å². The molecular formula is C13H19NO. The summed E-state index contributed by atoms with van der Waals surface area (Å²) < 4.78 is 0. The monoisotopic (exact) mass is 205 g/mol. The lowest BCUT2D eigenvalue weighted by atomic mass is 9.76. The molecule has 1 heterocycles. The van der Waals surface area contributed by atoms with Crippen LogP contribution >= 0.6 is 0 Å². The number of hydrogen-bond acceptors (Lipinski definition) is 2. The molecule has 82 valence electrons. The van der Waals surface area contributed by atoms with Gasteiger partial charge in [-0.1, -0.05) is 31.2 Å². The van der Waals surface area contributed by atoms with Crippen LogP contribution in [0.15, 0.2) is 24.3 Å². The van der Waals surface area contributed by atoms with Gasteiger partial charge < -0.3 is 10.4 Å². The fourth-order valence-electron chi connectivity index (χ4n) is 2.47. The summed E-state index contributed by atoms with van der Waals surface area (Å²) in [5.74, 6) is 0.271. The van der Waals surface area contributed by atoms with Crippen molar-refractivity contribution in [3.8, 4) is 0 Å². The molecule has 0 amide bonds. The van der Waals surface area contributed by atoms with Crippen LogP contribution in [0.5, 0.6) is 0 Å². The molecule has 0 radical (unpaired) electrons. The minimum atomic E-state index is -0.642. The molecule has 2 unspecified atom stereocenters. The van der Waals surface area contributed by atoms with Crippen LogP contribution in [0.2, 0.25) is 0 Å². The van der Waals surface area contributed by atoms with Gasteiger partial charge in [-0.25, -0.2) is 0 Å². The van der Waals surface area contributed by atoms with Crippen LogP contribution in [-0.4, -0.2) is 18.2 Å². The maximum atomic E-state index is 10.8. The Hall–Kier alpha value is -0.860. The topological polar surface area (TPSA) is 32.3 Å². The molecule has 1 aliphatic heterocycles. The first-order chi connectivity index (χ1) is 7.14. The van der Waals surface area contributed by atoms with E-state index in [0.29, 0.717) is 0 Å². The van der Waals surface area contributed by atoms with Crippen molar-refractivity contribution in [1.82, 2.24) is 5.32 Å². The zero-order valence-corrected chi connectivity index (χ0v) is 9.46. The van der Waals surface area contributed by atoms with Gasteiger partial charge in [0.15, 0.2) is 0 Å². The lowest BCUT2D eigenvalue weighted by molar-refractivity contribution is -0.0397. The predicted molar refractivity (Wildman–Crippen MR) is 61.7 cm³/mol. The number of piperidine rings is 1. The zero-order valence-electron chi connectivity index (χ0n) is 9.46. The molecule has 2 atom stereocenters. The van der Waals surface area contributed by atoms with Crippen molar-refractivity contribution < 1.29 is 5.11 Å². The second-order valence-electron chi connectivity index (χ2n) is 4.59. The van der Waals surface area contributed by atoms with E-state index < -0.39 is 5.60 Å². The van der Waals surface area contributed by atoms with Gasteiger partial charge >= 0.3 is 0 Å². The molecule has 0 spiro atoms. The molecule has 1 aromatic carbocycles. The predicted octanol–water partition coefficient (Wildman–Crippen LogP) is 1.81. The minimum Gasteiger partial charge on any atom is -0.385 e. The maximum absolute atomic E-state index is 10.8. The normalized spacial score (nSPS) is 31.5. The van der Waals surface area contributed by atoms with Crippen molar-refractivity contribution in [1.29, 1.82) is 0 Å². The van der Waals surface area contributed by atoms with Gasteiger partial charge in [0.1, 0.15) is 0 Å². The number of nitrogens with one attached hydrogen (secondary N) is 1. The number of hydrogen-bond donors (Lipinski definition) is 2. The Kier molecular flexibility index (Phi) is 2.81. The van der Waals surface area contributed by atoms with Gasteiger partial charge in [-0.15, -0.1) is 0 Å². The maximum Gasteiger partial charge on any atom is 0.0948 e. The van der Waals surface area contributed by atoms with E-state index in [0.717, 1.165) is 25.1 Å². The molecule has 1 saturated heterocycles. The van der Waals surface area contributed by atoms with E-state index in [2.05, 4.69) is 31.3 Å². The van der Waals surface area contributed by atoms with E-state index in [4.69, 9.17) is 0 Å². The van der Waals surface area contributed by atoms with Crippen LogP contribution in [0.4, 0.5) is 0 Å². The van der Waals surface area contributed by atoms with Gasteiger partial charge in [-0.05, 0) is 31.0 Å². The average Bonchev–Trinajstić information content (AvgIpc) is 2.23. The average molecular weight is 205 g/mol. The Labute approximate surface area is 91.3 Å². The third-order valence-electron chi connectivity index (χ3n) is 3.56. The Balaban J connectivity index is 2.39. The van der Waals surface area contributed by atoms with E-state index >= 15 is 0 Å². The largest absolute Gasteiger partial charge is 0.385 e. The molecule has 15 heavy (non-hydrogen) atoms. The van der Waals surface area contributed by atoms with Crippen molar-refractivity contribution in [3.63, 3.8) is 0 Å². The lowest BCUT2D eigenvalue weighted by Gasteiger charge is -2.39. The van der Waals surface area contributed by atoms with Crippen LogP contribution in [-0.2, 0) is 5.60 Å². The zero-order chi connectivity index (χ0) is 10.9. The van der Waals surface area contributed by atoms with E-state index in [1.54, 1.807) is 0 Å². The standard InChI is InChI=1S/C13H19NO/c1-10-5-3-4-6-12(10)13(15)7-8-14-9-11(13)2/h3-6,11,14-15H,7-9H2,1-2H3. The number of rotatable bonds is 1. The van der Waals surface area contributed by atoms with Gasteiger partial charge in [0.2, 0.25) is 0 Å². The highest BCUT2D eigenvalue weighted by atomic mass is 16.3. The first-order valence-corrected chi connectivity index (χ1v) is 5.64. The van der Waals surface area contributed by atoms with Crippen LogP contribution in [0.25, 0.3) is 0 Å². The third-order valence-corrected chi connectivity index (χ3v) is 3.56. The number of aliphatic hydroxyl groups is 1. The Morgan fingerprint density at radius 3 is 2.80 bits per heavy atom. The van der Waals surface area contributed by atoms with E-state index in [-0.39, 0.29) is 5.92 Å². The molecule has 0 bridgehead atoms. The molecule has 1 aromatic rings. The summed E-state index contributed by atoms with van der Waals surface area (Å²) in [6.45, 7) is 5.97. The Morgan fingerprint density at radius 2 is 2.13 bits per heavy atom.